The smallest absolute Gasteiger partial charge is 0.122 e. The highest BCUT2D eigenvalue weighted by atomic mass is 16.5. The molecule has 13 heavy (non-hydrogen) atoms. The van der Waals surface area contributed by atoms with E-state index in [1.807, 2.05) is 24.3 Å². The third-order valence-electron chi connectivity index (χ3n) is 2.83. The molecular formula is C11H14O2. The van der Waals surface area contributed by atoms with Crippen molar-refractivity contribution in [2.45, 2.75) is 18.3 Å². The zero-order chi connectivity index (χ0) is 9.31. The molecule has 2 heteroatoms. The van der Waals surface area contributed by atoms with Crippen LogP contribution in [0.2, 0.25) is 0 Å². The van der Waals surface area contributed by atoms with Crippen LogP contribution >= 0.6 is 0 Å². The van der Waals surface area contributed by atoms with E-state index < -0.39 is 0 Å². The average molecular weight is 178 g/mol. The highest BCUT2D eigenvalue weighted by Gasteiger charge is 2.45. The number of aliphatic hydroxyl groups is 1. The summed E-state index contributed by atoms with van der Waals surface area (Å²) in [5.41, 5.74) is 1.16. The Kier molecular flexibility index (Phi) is 2.00. The zero-order valence-electron chi connectivity index (χ0n) is 7.79. The van der Waals surface area contributed by atoms with Gasteiger partial charge in [0.25, 0.3) is 0 Å². The van der Waals surface area contributed by atoms with Gasteiger partial charge in [0.1, 0.15) is 5.75 Å². The van der Waals surface area contributed by atoms with E-state index in [9.17, 15) is 5.11 Å². The molecule has 0 amide bonds. The molecule has 2 nitrogen and oxygen atoms in total. The van der Waals surface area contributed by atoms with Crippen LogP contribution in [0.3, 0.4) is 0 Å². The third-order valence-corrected chi connectivity index (χ3v) is 2.83. The summed E-state index contributed by atoms with van der Waals surface area (Å²) < 4.78 is 5.26. The molecule has 0 heterocycles. The second-order valence-electron chi connectivity index (χ2n) is 3.64. The van der Waals surface area contributed by atoms with Crippen molar-refractivity contribution in [1.29, 1.82) is 0 Å². The van der Waals surface area contributed by atoms with Gasteiger partial charge in [-0.2, -0.15) is 0 Å². The summed E-state index contributed by atoms with van der Waals surface area (Å²) in [4.78, 5) is 0. The topological polar surface area (TPSA) is 29.5 Å². The lowest BCUT2D eigenvalue weighted by Crippen LogP contribution is -2.12. The van der Waals surface area contributed by atoms with Crippen LogP contribution in [-0.4, -0.2) is 18.8 Å². The molecule has 0 unspecified atom stereocenters. The van der Waals surface area contributed by atoms with Crippen LogP contribution in [0.25, 0.3) is 0 Å². The second kappa shape index (κ2) is 3.04. The molecule has 0 bridgehead atoms. The van der Waals surface area contributed by atoms with Gasteiger partial charge in [-0.3, -0.25) is 0 Å². The van der Waals surface area contributed by atoms with Crippen LogP contribution in [0, 0.1) is 0 Å². The fourth-order valence-electron chi connectivity index (χ4n) is 1.75. The first-order chi connectivity index (χ1) is 6.32. The third kappa shape index (κ3) is 1.31. The molecule has 1 aliphatic rings. The Morgan fingerprint density at radius 1 is 1.38 bits per heavy atom. The molecule has 1 aliphatic carbocycles. The summed E-state index contributed by atoms with van der Waals surface area (Å²) in [5, 5.41) is 9.27. The molecule has 1 aromatic rings. The van der Waals surface area contributed by atoms with E-state index in [0.29, 0.717) is 0 Å². The predicted molar refractivity (Wildman–Crippen MR) is 51.0 cm³/mol. The van der Waals surface area contributed by atoms with Gasteiger partial charge in [-0.25, -0.2) is 0 Å². The Morgan fingerprint density at radius 2 is 2.08 bits per heavy atom. The first kappa shape index (κ1) is 8.57. The minimum Gasteiger partial charge on any atom is -0.496 e. The average Bonchev–Trinajstić information content (AvgIpc) is 2.98. The van der Waals surface area contributed by atoms with E-state index in [1.165, 1.54) is 0 Å². The summed E-state index contributed by atoms with van der Waals surface area (Å²) in [7, 11) is 1.67. The quantitative estimate of drug-likeness (QED) is 0.763. The molecule has 0 spiro atoms. The lowest BCUT2D eigenvalue weighted by molar-refractivity contribution is 0.251. The fraction of sp³-hybridized carbons (Fsp3) is 0.455. The van der Waals surface area contributed by atoms with Gasteiger partial charge in [0, 0.05) is 11.0 Å². The van der Waals surface area contributed by atoms with Crippen LogP contribution in [0.4, 0.5) is 0 Å². The minimum absolute atomic E-state index is 0.00655. The Morgan fingerprint density at radius 3 is 2.62 bits per heavy atom. The van der Waals surface area contributed by atoms with Crippen molar-refractivity contribution in [1.82, 2.24) is 0 Å². The first-order valence-electron chi connectivity index (χ1n) is 4.57. The Labute approximate surface area is 78.2 Å². The second-order valence-corrected chi connectivity index (χ2v) is 3.64. The van der Waals surface area contributed by atoms with Crippen LogP contribution in [0.1, 0.15) is 18.4 Å². The molecule has 0 saturated heterocycles. The van der Waals surface area contributed by atoms with Crippen LogP contribution < -0.4 is 4.74 Å². The van der Waals surface area contributed by atoms with Gasteiger partial charge >= 0.3 is 0 Å². The normalized spacial score (nSPS) is 18.3. The molecular weight excluding hydrogens is 164 g/mol. The summed E-state index contributed by atoms with van der Waals surface area (Å²) >= 11 is 0. The molecule has 0 aliphatic heterocycles. The lowest BCUT2D eigenvalue weighted by Gasteiger charge is -2.15. The predicted octanol–water partition coefficient (Wildman–Crippen LogP) is 1.72. The Balaban J connectivity index is 2.39. The number of benzene rings is 1. The number of rotatable bonds is 3. The van der Waals surface area contributed by atoms with E-state index in [1.54, 1.807) is 7.11 Å². The van der Waals surface area contributed by atoms with Gasteiger partial charge in [0.15, 0.2) is 0 Å². The Bertz CT molecular complexity index is 303. The van der Waals surface area contributed by atoms with E-state index >= 15 is 0 Å². The van der Waals surface area contributed by atoms with Gasteiger partial charge < -0.3 is 9.84 Å². The van der Waals surface area contributed by atoms with Gasteiger partial charge in [-0.15, -0.1) is 0 Å². The Hall–Kier alpha value is -1.02. The number of ether oxygens (including phenoxy) is 1. The minimum atomic E-state index is 0.00655. The molecule has 0 radical (unpaired) electrons. The number of methoxy groups -OCH3 is 1. The highest BCUT2D eigenvalue weighted by Crippen LogP contribution is 2.50. The van der Waals surface area contributed by atoms with Gasteiger partial charge in [0.2, 0.25) is 0 Å². The number of hydrogen-bond donors (Lipinski definition) is 1. The van der Waals surface area contributed by atoms with Crippen molar-refractivity contribution in [2.24, 2.45) is 0 Å². The number of para-hydroxylation sites is 1. The van der Waals surface area contributed by atoms with Crippen molar-refractivity contribution < 1.29 is 9.84 Å². The molecule has 2 rings (SSSR count). The van der Waals surface area contributed by atoms with Gasteiger partial charge in [-0.05, 0) is 18.9 Å². The standard InChI is InChI=1S/C11H14O2/c1-13-10-5-3-2-4-9(10)11(8-12)6-7-11/h2-5,12H,6-8H2,1H3. The molecule has 1 N–H and O–H groups in total. The van der Waals surface area contributed by atoms with Crippen molar-refractivity contribution in [3.8, 4) is 5.75 Å². The van der Waals surface area contributed by atoms with Crippen molar-refractivity contribution >= 4 is 0 Å². The molecule has 1 aromatic carbocycles. The zero-order valence-corrected chi connectivity index (χ0v) is 7.79. The summed E-state index contributed by atoms with van der Waals surface area (Å²) in [6.07, 6.45) is 2.15. The van der Waals surface area contributed by atoms with E-state index in [-0.39, 0.29) is 12.0 Å². The van der Waals surface area contributed by atoms with Crippen LogP contribution in [0.5, 0.6) is 5.75 Å². The maximum absolute atomic E-state index is 9.27. The molecule has 0 aromatic heterocycles. The highest BCUT2D eigenvalue weighted by molar-refractivity contribution is 5.43. The monoisotopic (exact) mass is 178 g/mol. The first-order valence-corrected chi connectivity index (χ1v) is 4.57. The van der Waals surface area contributed by atoms with E-state index in [4.69, 9.17) is 4.74 Å². The number of hydrogen-bond acceptors (Lipinski definition) is 2. The van der Waals surface area contributed by atoms with Crippen molar-refractivity contribution in [3.05, 3.63) is 29.8 Å². The van der Waals surface area contributed by atoms with Gasteiger partial charge in [-0.1, -0.05) is 18.2 Å². The molecule has 0 atom stereocenters. The molecule has 1 saturated carbocycles. The SMILES string of the molecule is COc1ccccc1C1(CO)CC1. The lowest BCUT2D eigenvalue weighted by atomic mass is 9.96. The van der Waals surface area contributed by atoms with Crippen molar-refractivity contribution in [3.63, 3.8) is 0 Å². The summed E-state index contributed by atoms with van der Waals surface area (Å²) in [5.74, 6) is 0.897. The molecule has 1 fully saturated rings. The van der Waals surface area contributed by atoms with Crippen LogP contribution in [0.15, 0.2) is 24.3 Å². The van der Waals surface area contributed by atoms with Crippen LogP contribution in [-0.2, 0) is 5.41 Å². The summed E-state index contributed by atoms with van der Waals surface area (Å²) in [6.45, 7) is 0.230. The number of aliphatic hydroxyl groups excluding tert-OH is 1. The molecule has 70 valence electrons. The maximum atomic E-state index is 9.27. The maximum Gasteiger partial charge on any atom is 0.122 e. The van der Waals surface area contributed by atoms with Crippen molar-refractivity contribution in [2.75, 3.05) is 13.7 Å². The van der Waals surface area contributed by atoms with E-state index in [2.05, 4.69) is 0 Å². The fourth-order valence-corrected chi connectivity index (χ4v) is 1.75. The largest absolute Gasteiger partial charge is 0.496 e. The van der Waals surface area contributed by atoms with E-state index in [0.717, 1.165) is 24.2 Å². The van der Waals surface area contributed by atoms with Gasteiger partial charge in [0.05, 0.1) is 13.7 Å². The summed E-state index contributed by atoms with van der Waals surface area (Å²) in [6, 6.07) is 7.94.